The molecule has 5 nitrogen and oxygen atoms in total. The first kappa shape index (κ1) is 23.5. The molecule has 0 saturated carbocycles. The summed E-state index contributed by atoms with van der Waals surface area (Å²) in [5.41, 5.74) is 3.74. The quantitative estimate of drug-likeness (QED) is 0.468. The van der Waals surface area contributed by atoms with Crippen LogP contribution < -0.4 is 10.1 Å². The number of carbonyl (C=O) groups is 1. The fourth-order valence-corrected chi connectivity index (χ4v) is 3.53. The van der Waals surface area contributed by atoms with Crippen LogP contribution in [0.5, 0.6) is 5.75 Å². The topological polar surface area (TPSA) is 54.5 Å². The number of aromatic nitrogens is 1. The smallest absolute Gasteiger partial charge is 0.251 e. The number of amides is 1. The standard InChI is InChI=1S/C27H33N3O2/c1-5-30(20(2)3)18-22-12-14-23(15-13-22)27(31)29-21(4)24-9-8-11-26(17-24)32-19-25-10-6-7-16-28-25/h6-17,20-21H,5,18-19H2,1-4H3,(H,29,31). The number of carbonyl (C=O) groups excluding carboxylic acids is 1. The molecule has 1 amide bonds. The van der Waals surface area contributed by atoms with Crippen LogP contribution in [0, 0.1) is 0 Å². The second-order valence-electron chi connectivity index (χ2n) is 8.23. The Hall–Kier alpha value is -3.18. The SMILES string of the molecule is CCN(Cc1ccc(C(=O)NC(C)c2cccc(OCc3ccccn3)c2)cc1)C(C)C. The van der Waals surface area contributed by atoms with E-state index in [1.807, 2.05) is 73.7 Å². The molecule has 0 radical (unpaired) electrons. The van der Waals surface area contributed by atoms with Crippen LogP contribution in [0.1, 0.15) is 60.9 Å². The first-order valence-corrected chi connectivity index (χ1v) is 11.2. The van der Waals surface area contributed by atoms with E-state index in [0.29, 0.717) is 18.2 Å². The molecule has 0 spiro atoms. The lowest BCUT2D eigenvalue weighted by Gasteiger charge is -2.24. The van der Waals surface area contributed by atoms with Gasteiger partial charge in [0, 0.05) is 24.3 Å². The van der Waals surface area contributed by atoms with E-state index >= 15 is 0 Å². The number of hydrogen-bond acceptors (Lipinski definition) is 4. The lowest BCUT2D eigenvalue weighted by molar-refractivity contribution is 0.0939. The van der Waals surface area contributed by atoms with E-state index in [1.54, 1.807) is 6.20 Å². The highest BCUT2D eigenvalue weighted by Crippen LogP contribution is 2.20. The van der Waals surface area contributed by atoms with E-state index in [-0.39, 0.29) is 11.9 Å². The maximum absolute atomic E-state index is 12.8. The summed E-state index contributed by atoms with van der Waals surface area (Å²) in [5.74, 6) is 0.671. The molecule has 168 valence electrons. The van der Waals surface area contributed by atoms with Gasteiger partial charge in [-0.25, -0.2) is 0 Å². The summed E-state index contributed by atoms with van der Waals surface area (Å²) >= 11 is 0. The van der Waals surface area contributed by atoms with E-state index in [1.165, 1.54) is 5.56 Å². The minimum Gasteiger partial charge on any atom is -0.487 e. The predicted octanol–water partition coefficient (Wildman–Crippen LogP) is 5.38. The van der Waals surface area contributed by atoms with E-state index in [2.05, 4.69) is 36.0 Å². The first-order valence-electron chi connectivity index (χ1n) is 11.2. The summed E-state index contributed by atoms with van der Waals surface area (Å²) in [6.07, 6.45) is 1.75. The molecule has 0 aliphatic carbocycles. The fourth-order valence-electron chi connectivity index (χ4n) is 3.53. The van der Waals surface area contributed by atoms with Crippen molar-refractivity contribution in [2.75, 3.05) is 6.54 Å². The molecule has 1 N–H and O–H groups in total. The summed E-state index contributed by atoms with van der Waals surface area (Å²) in [5, 5.41) is 3.09. The Kier molecular flexibility index (Phi) is 8.40. The van der Waals surface area contributed by atoms with Crippen LogP contribution in [0.25, 0.3) is 0 Å². The number of nitrogens with one attached hydrogen (secondary N) is 1. The molecular weight excluding hydrogens is 398 g/mol. The van der Waals surface area contributed by atoms with Gasteiger partial charge in [-0.2, -0.15) is 0 Å². The number of hydrogen-bond donors (Lipinski definition) is 1. The highest BCUT2D eigenvalue weighted by atomic mass is 16.5. The average Bonchev–Trinajstić information content (AvgIpc) is 2.82. The molecule has 1 atom stereocenters. The molecule has 1 unspecified atom stereocenters. The van der Waals surface area contributed by atoms with Crippen LogP contribution in [-0.4, -0.2) is 28.4 Å². The average molecular weight is 432 g/mol. The largest absolute Gasteiger partial charge is 0.487 e. The van der Waals surface area contributed by atoms with Crippen molar-refractivity contribution in [2.45, 2.75) is 52.9 Å². The van der Waals surface area contributed by atoms with E-state index in [0.717, 1.165) is 30.1 Å². The summed E-state index contributed by atoms with van der Waals surface area (Å²) in [6, 6.07) is 21.8. The second-order valence-corrected chi connectivity index (χ2v) is 8.23. The van der Waals surface area contributed by atoms with Crippen LogP contribution in [0.2, 0.25) is 0 Å². The van der Waals surface area contributed by atoms with Gasteiger partial charge in [0.2, 0.25) is 0 Å². The number of rotatable bonds is 10. The molecule has 0 fully saturated rings. The summed E-state index contributed by atoms with van der Waals surface area (Å²) < 4.78 is 5.86. The van der Waals surface area contributed by atoms with Crippen LogP contribution in [-0.2, 0) is 13.2 Å². The van der Waals surface area contributed by atoms with Crippen LogP contribution in [0.15, 0.2) is 72.9 Å². The third-order valence-corrected chi connectivity index (χ3v) is 5.56. The molecule has 3 rings (SSSR count). The molecule has 0 saturated heterocycles. The van der Waals surface area contributed by atoms with Crippen molar-refractivity contribution in [1.29, 1.82) is 0 Å². The molecule has 3 aromatic rings. The van der Waals surface area contributed by atoms with Crippen LogP contribution >= 0.6 is 0 Å². The Morgan fingerprint density at radius 2 is 1.81 bits per heavy atom. The lowest BCUT2D eigenvalue weighted by Crippen LogP contribution is -2.30. The zero-order valence-corrected chi connectivity index (χ0v) is 19.4. The minimum absolute atomic E-state index is 0.0833. The van der Waals surface area contributed by atoms with Gasteiger partial charge in [0.05, 0.1) is 11.7 Å². The summed E-state index contributed by atoms with van der Waals surface area (Å²) in [4.78, 5) is 19.4. The normalized spacial score (nSPS) is 12.1. The third-order valence-electron chi connectivity index (χ3n) is 5.56. The Morgan fingerprint density at radius 1 is 1.03 bits per heavy atom. The number of nitrogens with zero attached hydrogens (tertiary/aromatic N) is 2. The Bertz CT molecular complexity index is 987. The molecule has 0 aliphatic heterocycles. The molecule has 32 heavy (non-hydrogen) atoms. The molecule has 5 heteroatoms. The van der Waals surface area contributed by atoms with Crippen LogP contribution in [0.3, 0.4) is 0 Å². The van der Waals surface area contributed by atoms with E-state index < -0.39 is 0 Å². The highest BCUT2D eigenvalue weighted by molar-refractivity contribution is 5.94. The second kappa shape index (κ2) is 11.4. The first-order chi connectivity index (χ1) is 15.5. The lowest BCUT2D eigenvalue weighted by atomic mass is 10.1. The van der Waals surface area contributed by atoms with Crippen molar-refractivity contribution in [1.82, 2.24) is 15.2 Å². The Balaban J connectivity index is 1.58. The predicted molar refractivity (Wildman–Crippen MR) is 129 cm³/mol. The van der Waals surface area contributed by atoms with Gasteiger partial charge in [-0.3, -0.25) is 14.7 Å². The van der Waals surface area contributed by atoms with E-state index in [9.17, 15) is 4.79 Å². The zero-order valence-electron chi connectivity index (χ0n) is 19.4. The Labute approximate surface area is 191 Å². The molecule has 1 heterocycles. The highest BCUT2D eigenvalue weighted by Gasteiger charge is 2.13. The third kappa shape index (κ3) is 6.66. The zero-order chi connectivity index (χ0) is 22.9. The van der Waals surface area contributed by atoms with Crippen LogP contribution in [0.4, 0.5) is 0 Å². The summed E-state index contributed by atoms with van der Waals surface area (Å²) in [7, 11) is 0. The molecule has 2 aromatic carbocycles. The molecule has 1 aromatic heterocycles. The molecule has 0 bridgehead atoms. The Morgan fingerprint density at radius 3 is 2.47 bits per heavy atom. The van der Waals surface area contributed by atoms with E-state index in [4.69, 9.17) is 4.74 Å². The van der Waals surface area contributed by atoms with Gasteiger partial charge in [-0.05, 0) is 74.8 Å². The van der Waals surface area contributed by atoms with Crippen molar-refractivity contribution in [2.24, 2.45) is 0 Å². The van der Waals surface area contributed by atoms with Crippen molar-refractivity contribution in [3.63, 3.8) is 0 Å². The fraction of sp³-hybridized carbons (Fsp3) is 0.333. The van der Waals surface area contributed by atoms with Gasteiger partial charge in [0.25, 0.3) is 5.91 Å². The van der Waals surface area contributed by atoms with Crippen molar-refractivity contribution in [3.05, 3.63) is 95.3 Å². The maximum Gasteiger partial charge on any atom is 0.251 e. The van der Waals surface area contributed by atoms with Gasteiger partial charge in [0.15, 0.2) is 0 Å². The van der Waals surface area contributed by atoms with Gasteiger partial charge >= 0.3 is 0 Å². The summed E-state index contributed by atoms with van der Waals surface area (Å²) in [6.45, 7) is 10.8. The number of pyridine rings is 1. The number of ether oxygens (including phenoxy) is 1. The maximum atomic E-state index is 12.8. The molecular formula is C27H33N3O2. The van der Waals surface area contributed by atoms with Gasteiger partial charge in [-0.1, -0.05) is 37.3 Å². The van der Waals surface area contributed by atoms with Gasteiger partial charge in [0.1, 0.15) is 12.4 Å². The van der Waals surface area contributed by atoms with Gasteiger partial charge in [-0.15, -0.1) is 0 Å². The minimum atomic E-state index is -0.142. The number of benzene rings is 2. The van der Waals surface area contributed by atoms with Crippen molar-refractivity contribution in [3.8, 4) is 5.75 Å². The van der Waals surface area contributed by atoms with Crippen molar-refractivity contribution < 1.29 is 9.53 Å². The van der Waals surface area contributed by atoms with Crippen molar-refractivity contribution >= 4 is 5.91 Å². The molecule has 0 aliphatic rings. The monoisotopic (exact) mass is 431 g/mol. The van der Waals surface area contributed by atoms with Gasteiger partial charge < -0.3 is 10.1 Å².